The van der Waals surface area contributed by atoms with Gasteiger partial charge < -0.3 is 9.84 Å². The fourth-order valence-electron chi connectivity index (χ4n) is 0.816. The minimum Gasteiger partial charge on any atom is -0.488 e. The second-order valence-corrected chi connectivity index (χ2v) is 3.53. The summed E-state index contributed by atoms with van der Waals surface area (Å²) in [6.45, 7) is 3.29. The van der Waals surface area contributed by atoms with Gasteiger partial charge in [0.15, 0.2) is 11.6 Å². The molecule has 0 saturated carbocycles. The number of ether oxygens (including phenoxy) is 1. The Balaban J connectivity index is 2.60. The van der Waals surface area contributed by atoms with Crippen LogP contribution in [-0.2, 0) is 0 Å². The Labute approximate surface area is 77.0 Å². The smallest absolute Gasteiger partial charge is 0.165 e. The molecule has 1 aromatic rings. The third-order valence-electron chi connectivity index (χ3n) is 1.42. The Bertz CT molecular complexity index is 278. The predicted octanol–water partition coefficient (Wildman–Crippen LogP) is 1.98. The van der Waals surface area contributed by atoms with Crippen molar-refractivity contribution in [2.75, 3.05) is 6.61 Å². The van der Waals surface area contributed by atoms with Crippen LogP contribution in [0.15, 0.2) is 24.3 Å². The molecule has 0 aliphatic rings. The number of hydrogen-bond acceptors (Lipinski definition) is 2. The Morgan fingerprint density at radius 1 is 1.38 bits per heavy atom. The van der Waals surface area contributed by atoms with Gasteiger partial charge in [-0.05, 0) is 26.0 Å². The second kappa shape index (κ2) is 3.75. The van der Waals surface area contributed by atoms with Gasteiger partial charge in [-0.2, -0.15) is 0 Å². The topological polar surface area (TPSA) is 29.5 Å². The van der Waals surface area contributed by atoms with Crippen LogP contribution in [0.4, 0.5) is 4.39 Å². The normalized spacial score (nSPS) is 11.4. The monoisotopic (exact) mass is 184 g/mol. The lowest BCUT2D eigenvalue weighted by Crippen LogP contribution is -2.28. The average Bonchev–Trinajstić information content (AvgIpc) is 2.01. The van der Waals surface area contributed by atoms with E-state index in [4.69, 9.17) is 4.74 Å². The average molecular weight is 184 g/mol. The van der Waals surface area contributed by atoms with Gasteiger partial charge in [-0.25, -0.2) is 4.39 Å². The van der Waals surface area contributed by atoms with Gasteiger partial charge in [0.2, 0.25) is 0 Å². The van der Waals surface area contributed by atoms with Crippen LogP contribution in [0.25, 0.3) is 0 Å². The Morgan fingerprint density at radius 2 is 2.00 bits per heavy atom. The lowest BCUT2D eigenvalue weighted by molar-refractivity contribution is 0.0272. The minimum atomic E-state index is -0.942. The first-order valence-corrected chi connectivity index (χ1v) is 4.09. The van der Waals surface area contributed by atoms with Crippen molar-refractivity contribution in [2.45, 2.75) is 19.4 Å². The van der Waals surface area contributed by atoms with E-state index in [1.807, 2.05) is 0 Å². The molecule has 2 nitrogen and oxygen atoms in total. The molecule has 72 valence electrons. The number of hydrogen-bond donors (Lipinski definition) is 1. The number of aliphatic hydroxyl groups is 1. The quantitative estimate of drug-likeness (QED) is 0.778. The van der Waals surface area contributed by atoms with Gasteiger partial charge >= 0.3 is 0 Å². The van der Waals surface area contributed by atoms with E-state index >= 15 is 0 Å². The van der Waals surface area contributed by atoms with Crippen molar-refractivity contribution in [3.05, 3.63) is 30.1 Å². The molecule has 13 heavy (non-hydrogen) atoms. The van der Waals surface area contributed by atoms with Crippen LogP contribution in [0.3, 0.4) is 0 Å². The molecule has 0 aliphatic heterocycles. The van der Waals surface area contributed by atoms with Crippen LogP contribution < -0.4 is 4.74 Å². The molecule has 0 amide bonds. The highest BCUT2D eigenvalue weighted by atomic mass is 19.1. The fraction of sp³-hybridized carbons (Fsp3) is 0.400. The first-order valence-electron chi connectivity index (χ1n) is 4.09. The first kappa shape index (κ1) is 9.99. The molecule has 0 fully saturated rings. The number of benzene rings is 1. The Hall–Kier alpha value is -1.09. The highest BCUT2D eigenvalue weighted by Crippen LogP contribution is 2.16. The van der Waals surface area contributed by atoms with Crippen molar-refractivity contribution in [3.63, 3.8) is 0 Å². The summed E-state index contributed by atoms with van der Waals surface area (Å²) >= 11 is 0. The summed E-state index contributed by atoms with van der Waals surface area (Å²) in [6, 6.07) is 6.12. The van der Waals surface area contributed by atoms with Gasteiger partial charge in [0, 0.05) is 0 Å². The summed E-state index contributed by atoms with van der Waals surface area (Å²) in [5, 5.41) is 9.32. The van der Waals surface area contributed by atoms with E-state index in [2.05, 4.69) is 0 Å². The molecule has 3 heteroatoms. The maximum atomic E-state index is 13.0. The van der Waals surface area contributed by atoms with E-state index in [1.54, 1.807) is 26.0 Å². The van der Waals surface area contributed by atoms with Crippen molar-refractivity contribution in [3.8, 4) is 5.75 Å². The van der Waals surface area contributed by atoms with Crippen LogP contribution in [-0.4, -0.2) is 17.3 Å². The van der Waals surface area contributed by atoms with Crippen molar-refractivity contribution in [2.24, 2.45) is 0 Å². The molecule has 1 aromatic carbocycles. The Morgan fingerprint density at radius 3 is 2.54 bits per heavy atom. The molecule has 1 N–H and O–H groups in total. The molecule has 0 atom stereocenters. The van der Waals surface area contributed by atoms with E-state index < -0.39 is 11.4 Å². The van der Waals surface area contributed by atoms with Crippen LogP contribution in [0.2, 0.25) is 0 Å². The van der Waals surface area contributed by atoms with Gasteiger partial charge in [0.25, 0.3) is 0 Å². The second-order valence-electron chi connectivity index (χ2n) is 3.53. The SMILES string of the molecule is CC(C)(O)COc1ccccc1F. The predicted molar refractivity (Wildman–Crippen MR) is 48.2 cm³/mol. The maximum absolute atomic E-state index is 13.0. The van der Waals surface area contributed by atoms with Crippen LogP contribution >= 0.6 is 0 Å². The number of rotatable bonds is 3. The van der Waals surface area contributed by atoms with Crippen LogP contribution in [0.1, 0.15) is 13.8 Å². The van der Waals surface area contributed by atoms with Gasteiger partial charge in [0.05, 0.1) is 5.60 Å². The first-order chi connectivity index (χ1) is 5.99. The lowest BCUT2D eigenvalue weighted by Gasteiger charge is -2.17. The largest absolute Gasteiger partial charge is 0.488 e. The van der Waals surface area contributed by atoms with Crippen molar-refractivity contribution < 1.29 is 14.2 Å². The van der Waals surface area contributed by atoms with Gasteiger partial charge in [-0.3, -0.25) is 0 Å². The van der Waals surface area contributed by atoms with E-state index in [-0.39, 0.29) is 12.4 Å². The number of para-hydroxylation sites is 1. The van der Waals surface area contributed by atoms with Crippen LogP contribution in [0.5, 0.6) is 5.75 Å². The fourth-order valence-corrected chi connectivity index (χ4v) is 0.816. The van der Waals surface area contributed by atoms with Crippen molar-refractivity contribution >= 4 is 0 Å². The molecule has 0 bridgehead atoms. The zero-order chi connectivity index (χ0) is 9.90. The molecule has 0 saturated heterocycles. The molecule has 0 aliphatic carbocycles. The number of halogens is 1. The van der Waals surface area contributed by atoms with Gasteiger partial charge in [-0.15, -0.1) is 0 Å². The minimum absolute atomic E-state index is 0.0773. The molecule has 0 spiro atoms. The van der Waals surface area contributed by atoms with Gasteiger partial charge in [-0.1, -0.05) is 12.1 Å². The van der Waals surface area contributed by atoms with E-state index in [1.165, 1.54) is 12.1 Å². The molecule has 0 unspecified atom stereocenters. The summed E-state index contributed by atoms with van der Waals surface area (Å²) in [4.78, 5) is 0. The van der Waals surface area contributed by atoms with Crippen molar-refractivity contribution in [1.29, 1.82) is 0 Å². The zero-order valence-corrected chi connectivity index (χ0v) is 7.75. The van der Waals surface area contributed by atoms with E-state index in [0.29, 0.717) is 0 Å². The van der Waals surface area contributed by atoms with Crippen LogP contribution in [0, 0.1) is 5.82 Å². The zero-order valence-electron chi connectivity index (χ0n) is 7.75. The third kappa shape index (κ3) is 3.42. The standard InChI is InChI=1S/C10H13FO2/c1-10(2,12)7-13-9-6-4-3-5-8(9)11/h3-6,12H,7H2,1-2H3. The molecule has 0 aromatic heterocycles. The summed E-state index contributed by atoms with van der Waals surface area (Å²) in [5.74, 6) is -0.239. The molecule has 0 radical (unpaired) electrons. The Kier molecular flexibility index (Phi) is 2.88. The molecular weight excluding hydrogens is 171 g/mol. The van der Waals surface area contributed by atoms with E-state index in [9.17, 15) is 9.50 Å². The molecular formula is C10H13FO2. The lowest BCUT2D eigenvalue weighted by atomic mass is 10.2. The molecule has 0 heterocycles. The summed E-state index contributed by atoms with van der Waals surface area (Å²) in [6.07, 6.45) is 0. The van der Waals surface area contributed by atoms with Gasteiger partial charge in [0.1, 0.15) is 6.61 Å². The summed E-state index contributed by atoms with van der Waals surface area (Å²) in [7, 11) is 0. The third-order valence-corrected chi connectivity index (χ3v) is 1.42. The summed E-state index contributed by atoms with van der Waals surface area (Å²) < 4.78 is 18.0. The maximum Gasteiger partial charge on any atom is 0.165 e. The highest BCUT2D eigenvalue weighted by molar-refractivity contribution is 5.23. The highest BCUT2D eigenvalue weighted by Gasteiger charge is 2.14. The summed E-state index contributed by atoms with van der Waals surface area (Å²) in [5.41, 5.74) is -0.942. The molecule has 1 rings (SSSR count). The van der Waals surface area contributed by atoms with E-state index in [0.717, 1.165) is 0 Å². The van der Waals surface area contributed by atoms with Crippen molar-refractivity contribution in [1.82, 2.24) is 0 Å².